The van der Waals surface area contributed by atoms with E-state index in [0.29, 0.717) is 20.5 Å². The fourth-order valence-corrected chi connectivity index (χ4v) is 5.06. The van der Waals surface area contributed by atoms with Gasteiger partial charge in [-0.15, -0.1) is 22.7 Å². The minimum Gasteiger partial charge on any atom is -0.462 e. The second-order valence-electron chi connectivity index (χ2n) is 5.52. The van der Waals surface area contributed by atoms with E-state index in [1.807, 2.05) is 25.1 Å². The summed E-state index contributed by atoms with van der Waals surface area (Å²) in [6.07, 6.45) is 0. The van der Waals surface area contributed by atoms with Gasteiger partial charge in [0.05, 0.1) is 15.3 Å². The molecule has 0 aliphatic heterocycles. The molecule has 8 heteroatoms. The van der Waals surface area contributed by atoms with Gasteiger partial charge in [0.1, 0.15) is 10.6 Å². The van der Waals surface area contributed by atoms with Crippen molar-refractivity contribution >= 4 is 67.1 Å². The van der Waals surface area contributed by atoms with Gasteiger partial charge < -0.3 is 10.1 Å². The number of thiophene rings is 2. The summed E-state index contributed by atoms with van der Waals surface area (Å²) in [6.45, 7) is 3.91. The molecule has 0 aliphatic carbocycles. The normalized spacial score (nSPS) is 10.7. The van der Waals surface area contributed by atoms with Crippen LogP contribution in [0.5, 0.6) is 0 Å². The maximum absolute atomic E-state index is 12.7. The third-order valence-corrected chi connectivity index (χ3v) is 6.62. The Morgan fingerprint density at radius 2 is 1.85 bits per heavy atom. The summed E-state index contributed by atoms with van der Waals surface area (Å²) in [5.74, 6) is -0.727. The van der Waals surface area contributed by atoms with Gasteiger partial charge in [-0.05, 0) is 59.6 Å². The molecule has 3 aromatic rings. The summed E-state index contributed by atoms with van der Waals surface area (Å²) in [6, 6.07) is 10.8. The molecule has 0 unspecified atom stereocenters. The third-order valence-electron chi connectivity index (χ3n) is 3.72. The molecule has 27 heavy (non-hydrogen) atoms. The summed E-state index contributed by atoms with van der Waals surface area (Å²) < 4.78 is 6.11. The molecule has 0 spiro atoms. The van der Waals surface area contributed by atoms with Crippen LogP contribution in [0.3, 0.4) is 0 Å². The average Bonchev–Trinajstić information content (AvgIpc) is 3.19. The van der Waals surface area contributed by atoms with E-state index >= 15 is 0 Å². The number of amides is 1. The number of aryl methyl sites for hydroxylation is 1. The Morgan fingerprint density at radius 1 is 1.15 bits per heavy atom. The molecule has 0 bridgehead atoms. The quantitative estimate of drug-likeness (QED) is 0.413. The highest BCUT2D eigenvalue weighted by Gasteiger charge is 2.26. The van der Waals surface area contributed by atoms with Gasteiger partial charge >= 0.3 is 5.97 Å². The molecule has 0 aliphatic rings. The highest BCUT2D eigenvalue weighted by atomic mass is 79.9. The Balaban J connectivity index is 2.05. The number of ether oxygens (including phenoxy) is 1. The minimum atomic E-state index is -0.463. The van der Waals surface area contributed by atoms with Crippen molar-refractivity contribution in [2.75, 3.05) is 11.9 Å². The number of rotatable bonds is 5. The maximum atomic E-state index is 12.7. The van der Waals surface area contributed by atoms with Crippen LogP contribution in [0.4, 0.5) is 5.00 Å². The highest BCUT2D eigenvalue weighted by Crippen LogP contribution is 2.41. The number of benzene rings is 1. The van der Waals surface area contributed by atoms with E-state index in [4.69, 9.17) is 16.3 Å². The molecule has 4 nitrogen and oxygen atoms in total. The first-order valence-electron chi connectivity index (χ1n) is 8.03. The third kappa shape index (κ3) is 4.43. The zero-order chi connectivity index (χ0) is 19.6. The van der Waals surface area contributed by atoms with Gasteiger partial charge in [0.2, 0.25) is 0 Å². The Labute approximate surface area is 178 Å². The lowest BCUT2D eigenvalue weighted by molar-refractivity contribution is 0.0529. The van der Waals surface area contributed by atoms with Crippen LogP contribution in [0, 0.1) is 6.92 Å². The molecular weight excluding hydrogens is 470 g/mol. The number of hydrogen-bond donors (Lipinski definition) is 1. The van der Waals surface area contributed by atoms with Crippen LogP contribution in [-0.2, 0) is 4.74 Å². The first-order valence-corrected chi connectivity index (χ1v) is 10.8. The van der Waals surface area contributed by atoms with Crippen molar-refractivity contribution in [3.8, 4) is 11.1 Å². The number of anilines is 1. The molecule has 2 aromatic heterocycles. The summed E-state index contributed by atoms with van der Waals surface area (Å²) in [5.41, 5.74) is 1.96. The van der Waals surface area contributed by atoms with Crippen molar-refractivity contribution in [2.45, 2.75) is 13.8 Å². The van der Waals surface area contributed by atoms with Crippen LogP contribution >= 0.6 is 50.2 Å². The van der Waals surface area contributed by atoms with Gasteiger partial charge in [0.15, 0.2) is 0 Å². The van der Waals surface area contributed by atoms with Gasteiger partial charge in [0, 0.05) is 15.5 Å². The molecule has 2 heterocycles. The van der Waals surface area contributed by atoms with Crippen LogP contribution in [0.15, 0.2) is 40.2 Å². The van der Waals surface area contributed by atoms with Gasteiger partial charge in [-0.2, -0.15) is 0 Å². The summed E-state index contributed by atoms with van der Waals surface area (Å²) in [5, 5.41) is 3.95. The SMILES string of the molecule is CCOC(=O)c1c(NC(=O)c2ccc(Br)s2)sc(C)c1-c1ccc(Cl)cc1. The number of nitrogens with one attached hydrogen (secondary N) is 1. The van der Waals surface area contributed by atoms with E-state index in [2.05, 4.69) is 21.2 Å². The topological polar surface area (TPSA) is 55.4 Å². The predicted octanol–water partition coefficient (Wildman–Crippen LogP) is 6.63. The zero-order valence-corrected chi connectivity index (χ0v) is 18.4. The molecule has 1 aromatic carbocycles. The number of carbonyl (C=O) groups is 2. The van der Waals surface area contributed by atoms with Crippen molar-refractivity contribution in [1.82, 2.24) is 0 Å². The maximum Gasteiger partial charge on any atom is 0.341 e. The number of esters is 1. The van der Waals surface area contributed by atoms with Crippen molar-refractivity contribution < 1.29 is 14.3 Å². The van der Waals surface area contributed by atoms with E-state index in [1.165, 1.54) is 22.7 Å². The van der Waals surface area contributed by atoms with Gasteiger partial charge in [0.25, 0.3) is 5.91 Å². The van der Waals surface area contributed by atoms with E-state index in [0.717, 1.165) is 19.8 Å². The molecule has 0 radical (unpaired) electrons. The molecule has 3 rings (SSSR count). The van der Waals surface area contributed by atoms with E-state index < -0.39 is 5.97 Å². The second-order valence-corrected chi connectivity index (χ2v) is 9.65. The fourth-order valence-electron chi connectivity index (χ4n) is 2.60. The highest BCUT2D eigenvalue weighted by molar-refractivity contribution is 9.11. The fraction of sp³-hybridized carbons (Fsp3) is 0.158. The standard InChI is InChI=1S/C19H15BrClNO3S2/c1-3-25-19(24)16-15(11-4-6-12(21)7-5-11)10(2)26-18(16)22-17(23)13-8-9-14(20)27-13/h4-9H,3H2,1-2H3,(H,22,23). The van der Waals surface area contributed by atoms with E-state index in [-0.39, 0.29) is 12.5 Å². The van der Waals surface area contributed by atoms with E-state index in [9.17, 15) is 9.59 Å². The molecule has 1 amide bonds. The van der Waals surface area contributed by atoms with Gasteiger partial charge in [-0.25, -0.2) is 4.79 Å². The summed E-state index contributed by atoms with van der Waals surface area (Å²) in [7, 11) is 0. The predicted molar refractivity (Wildman–Crippen MR) is 115 cm³/mol. The van der Waals surface area contributed by atoms with Gasteiger partial charge in [-0.3, -0.25) is 4.79 Å². The smallest absolute Gasteiger partial charge is 0.341 e. The van der Waals surface area contributed by atoms with Crippen LogP contribution < -0.4 is 5.32 Å². The van der Waals surface area contributed by atoms with Crippen LogP contribution in [0.2, 0.25) is 5.02 Å². The van der Waals surface area contributed by atoms with Crippen LogP contribution in [0.1, 0.15) is 31.8 Å². The summed E-state index contributed by atoms with van der Waals surface area (Å²) in [4.78, 5) is 26.7. The molecule has 1 N–H and O–H groups in total. The molecule has 140 valence electrons. The molecular formula is C19H15BrClNO3S2. The van der Waals surface area contributed by atoms with E-state index in [1.54, 1.807) is 25.1 Å². The lowest BCUT2D eigenvalue weighted by Crippen LogP contribution is -2.13. The Morgan fingerprint density at radius 3 is 2.44 bits per heavy atom. The van der Waals surface area contributed by atoms with Crippen molar-refractivity contribution in [3.63, 3.8) is 0 Å². The lowest BCUT2D eigenvalue weighted by atomic mass is 10.0. The average molecular weight is 485 g/mol. The van der Waals surface area contributed by atoms with Crippen LogP contribution in [0.25, 0.3) is 11.1 Å². The zero-order valence-electron chi connectivity index (χ0n) is 14.5. The van der Waals surface area contributed by atoms with Crippen molar-refractivity contribution in [1.29, 1.82) is 0 Å². The van der Waals surface area contributed by atoms with Crippen LogP contribution in [-0.4, -0.2) is 18.5 Å². The molecule has 0 saturated heterocycles. The van der Waals surface area contributed by atoms with Crippen molar-refractivity contribution in [2.24, 2.45) is 0 Å². The Kier molecular flexibility index (Phi) is 6.37. The largest absolute Gasteiger partial charge is 0.462 e. The number of halogens is 2. The summed E-state index contributed by atoms with van der Waals surface area (Å²) >= 11 is 12.0. The first kappa shape index (κ1) is 20.1. The second kappa shape index (κ2) is 8.56. The number of carbonyl (C=O) groups excluding carboxylic acids is 2. The first-order chi connectivity index (χ1) is 12.9. The Bertz CT molecular complexity index is 995. The van der Waals surface area contributed by atoms with Crippen molar-refractivity contribution in [3.05, 3.63) is 60.5 Å². The molecule has 0 atom stereocenters. The molecule has 0 saturated carbocycles. The Hall–Kier alpha value is -1.67. The lowest BCUT2D eigenvalue weighted by Gasteiger charge is -2.09. The monoisotopic (exact) mass is 483 g/mol. The molecule has 0 fully saturated rings. The number of hydrogen-bond acceptors (Lipinski definition) is 5. The van der Waals surface area contributed by atoms with Gasteiger partial charge in [-0.1, -0.05) is 23.7 Å². The minimum absolute atomic E-state index is 0.249.